The zero-order valence-corrected chi connectivity index (χ0v) is 14.0. The Bertz CT molecular complexity index is 484. The molecule has 1 aromatic rings. The topological polar surface area (TPSA) is 12.5 Å². The maximum atomic E-state index is 13.3. The van der Waals surface area contributed by atoms with Gasteiger partial charge in [-0.05, 0) is 47.4 Å². The normalized spacial score (nSPS) is 17.8. The second kappa shape index (κ2) is 8.20. The van der Waals surface area contributed by atoms with E-state index in [1.807, 2.05) is 4.90 Å². The van der Waals surface area contributed by atoms with E-state index in [0.717, 1.165) is 32.2 Å². The average Bonchev–Trinajstić information content (AvgIpc) is 2.81. The molecule has 2 nitrogen and oxygen atoms in total. The molecule has 124 valence electrons. The van der Waals surface area contributed by atoms with Crippen LogP contribution in [0.5, 0.6) is 5.75 Å². The summed E-state index contributed by atoms with van der Waals surface area (Å²) in [5.41, 5.74) is 0. The highest BCUT2D eigenvalue weighted by atomic mass is 79.9. The molecule has 0 N–H and O–H groups in total. The first-order valence-corrected chi connectivity index (χ1v) is 8.44. The Balaban J connectivity index is 1.50. The molecular formula is C16H21BrF3NO. The van der Waals surface area contributed by atoms with Crippen molar-refractivity contribution in [1.29, 1.82) is 0 Å². The standard InChI is InChI=1S/C16H21BrF3NO/c17-14-6-5-13(11-15(14)18)22-10-4-2-1-3-8-21-9-7-16(19,20)12-21/h5-6,11H,1-4,7-10,12H2. The summed E-state index contributed by atoms with van der Waals surface area (Å²) < 4.78 is 45.2. The van der Waals surface area contributed by atoms with Crippen molar-refractivity contribution >= 4 is 15.9 Å². The first kappa shape index (κ1) is 17.6. The van der Waals surface area contributed by atoms with Crippen LogP contribution in [-0.2, 0) is 0 Å². The number of benzene rings is 1. The third kappa shape index (κ3) is 5.80. The van der Waals surface area contributed by atoms with Gasteiger partial charge in [-0.3, -0.25) is 4.90 Å². The van der Waals surface area contributed by atoms with Gasteiger partial charge < -0.3 is 4.74 Å². The van der Waals surface area contributed by atoms with Crippen LogP contribution in [-0.4, -0.2) is 37.1 Å². The van der Waals surface area contributed by atoms with E-state index in [2.05, 4.69) is 15.9 Å². The molecule has 1 saturated heterocycles. The van der Waals surface area contributed by atoms with Crippen LogP contribution < -0.4 is 4.74 Å². The van der Waals surface area contributed by atoms with Crippen molar-refractivity contribution in [2.75, 3.05) is 26.2 Å². The summed E-state index contributed by atoms with van der Waals surface area (Å²) in [6, 6.07) is 4.70. The molecule has 0 saturated carbocycles. The quantitative estimate of drug-likeness (QED) is 0.597. The van der Waals surface area contributed by atoms with E-state index in [0.29, 0.717) is 23.4 Å². The maximum absolute atomic E-state index is 13.3. The second-order valence-electron chi connectivity index (χ2n) is 5.72. The molecule has 1 heterocycles. The highest BCUT2D eigenvalue weighted by molar-refractivity contribution is 9.10. The highest BCUT2D eigenvalue weighted by Crippen LogP contribution is 2.26. The molecule has 1 fully saturated rings. The lowest BCUT2D eigenvalue weighted by atomic mass is 10.2. The molecule has 0 spiro atoms. The van der Waals surface area contributed by atoms with Crippen molar-refractivity contribution in [2.45, 2.75) is 38.0 Å². The average molecular weight is 380 g/mol. The smallest absolute Gasteiger partial charge is 0.261 e. The Morgan fingerprint density at radius 3 is 2.64 bits per heavy atom. The molecule has 0 unspecified atom stereocenters. The van der Waals surface area contributed by atoms with Crippen molar-refractivity contribution in [3.63, 3.8) is 0 Å². The Morgan fingerprint density at radius 1 is 1.18 bits per heavy atom. The van der Waals surface area contributed by atoms with E-state index < -0.39 is 5.92 Å². The number of rotatable bonds is 8. The summed E-state index contributed by atoms with van der Waals surface area (Å²) in [7, 11) is 0. The summed E-state index contributed by atoms with van der Waals surface area (Å²) in [4.78, 5) is 1.83. The van der Waals surface area contributed by atoms with E-state index in [-0.39, 0.29) is 18.8 Å². The van der Waals surface area contributed by atoms with Gasteiger partial charge in [0.15, 0.2) is 0 Å². The predicted octanol–water partition coefficient (Wildman–Crippen LogP) is 4.87. The van der Waals surface area contributed by atoms with Gasteiger partial charge in [0.1, 0.15) is 11.6 Å². The molecule has 1 aromatic carbocycles. The van der Waals surface area contributed by atoms with E-state index in [9.17, 15) is 13.2 Å². The molecule has 0 aromatic heterocycles. The van der Waals surface area contributed by atoms with Crippen molar-refractivity contribution in [2.24, 2.45) is 0 Å². The van der Waals surface area contributed by atoms with Gasteiger partial charge in [0.2, 0.25) is 0 Å². The molecule has 1 aliphatic rings. The Morgan fingerprint density at radius 2 is 1.95 bits per heavy atom. The Kier molecular flexibility index (Phi) is 6.56. The number of nitrogens with zero attached hydrogens (tertiary/aromatic N) is 1. The third-order valence-electron chi connectivity index (χ3n) is 3.78. The van der Waals surface area contributed by atoms with Gasteiger partial charge in [0.05, 0.1) is 17.6 Å². The fourth-order valence-electron chi connectivity index (χ4n) is 2.55. The largest absolute Gasteiger partial charge is 0.493 e. The van der Waals surface area contributed by atoms with Crippen molar-refractivity contribution in [1.82, 2.24) is 4.90 Å². The van der Waals surface area contributed by atoms with Crippen LogP contribution in [0.25, 0.3) is 0 Å². The third-order valence-corrected chi connectivity index (χ3v) is 4.42. The van der Waals surface area contributed by atoms with Crippen molar-refractivity contribution < 1.29 is 17.9 Å². The highest BCUT2D eigenvalue weighted by Gasteiger charge is 2.37. The van der Waals surface area contributed by atoms with Gasteiger partial charge in [-0.15, -0.1) is 0 Å². The zero-order chi connectivity index (χ0) is 16.0. The molecule has 1 aliphatic heterocycles. The van der Waals surface area contributed by atoms with Crippen molar-refractivity contribution in [3.05, 3.63) is 28.5 Å². The van der Waals surface area contributed by atoms with Crippen LogP contribution in [0.3, 0.4) is 0 Å². The SMILES string of the molecule is Fc1cc(OCCCCCCN2CCC(F)(F)C2)ccc1Br. The number of hydrogen-bond donors (Lipinski definition) is 0. The fraction of sp³-hybridized carbons (Fsp3) is 0.625. The van der Waals surface area contributed by atoms with Gasteiger partial charge >= 0.3 is 0 Å². The minimum Gasteiger partial charge on any atom is -0.493 e. The fourth-order valence-corrected chi connectivity index (χ4v) is 2.79. The van der Waals surface area contributed by atoms with Gasteiger partial charge in [-0.1, -0.05) is 12.8 Å². The molecule has 0 radical (unpaired) electrons. The van der Waals surface area contributed by atoms with Gasteiger partial charge in [-0.2, -0.15) is 0 Å². The number of hydrogen-bond acceptors (Lipinski definition) is 2. The monoisotopic (exact) mass is 379 g/mol. The molecule has 0 aliphatic carbocycles. The van der Waals surface area contributed by atoms with Crippen LogP contribution in [0.4, 0.5) is 13.2 Å². The number of halogens is 4. The molecule has 0 bridgehead atoms. The van der Waals surface area contributed by atoms with E-state index in [1.165, 1.54) is 6.07 Å². The number of likely N-dealkylation sites (tertiary alicyclic amines) is 1. The Hall–Kier alpha value is -0.750. The predicted molar refractivity (Wildman–Crippen MR) is 84.1 cm³/mol. The summed E-state index contributed by atoms with van der Waals surface area (Å²) >= 11 is 3.09. The minimum absolute atomic E-state index is 0.00934. The van der Waals surface area contributed by atoms with E-state index >= 15 is 0 Å². The maximum Gasteiger partial charge on any atom is 0.261 e. The summed E-state index contributed by atoms with van der Waals surface area (Å²) in [5, 5.41) is 0. The molecule has 0 atom stereocenters. The molecule has 2 rings (SSSR count). The lowest BCUT2D eigenvalue weighted by molar-refractivity contribution is 0.0121. The Labute approximate surface area is 137 Å². The van der Waals surface area contributed by atoms with Gasteiger partial charge in [0, 0.05) is 19.0 Å². The lowest BCUT2D eigenvalue weighted by Crippen LogP contribution is -2.26. The van der Waals surface area contributed by atoms with Crippen molar-refractivity contribution in [3.8, 4) is 5.75 Å². The van der Waals surface area contributed by atoms with Gasteiger partial charge in [-0.25, -0.2) is 13.2 Å². The zero-order valence-electron chi connectivity index (χ0n) is 12.5. The second-order valence-corrected chi connectivity index (χ2v) is 6.58. The van der Waals surface area contributed by atoms with Crippen LogP contribution in [0, 0.1) is 5.82 Å². The minimum atomic E-state index is -2.49. The van der Waals surface area contributed by atoms with E-state index in [1.54, 1.807) is 12.1 Å². The number of alkyl halides is 2. The molecule has 6 heteroatoms. The van der Waals surface area contributed by atoms with Crippen LogP contribution in [0.2, 0.25) is 0 Å². The summed E-state index contributed by atoms with van der Waals surface area (Å²) in [5.74, 6) is -2.30. The molecule has 22 heavy (non-hydrogen) atoms. The van der Waals surface area contributed by atoms with E-state index in [4.69, 9.17) is 4.74 Å². The van der Waals surface area contributed by atoms with Crippen LogP contribution in [0.1, 0.15) is 32.1 Å². The molecule has 0 amide bonds. The first-order valence-electron chi connectivity index (χ1n) is 7.64. The first-order chi connectivity index (χ1) is 10.5. The summed E-state index contributed by atoms with van der Waals surface area (Å²) in [6.45, 7) is 1.70. The lowest BCUT2D eigenvalue weighted by Gasteiger charge is -2.15. The van der Waals surface area contributed by atoms with Crippen LogP contribution >= 0.6 is 15.9 Å². The number of unbranched alkanes of at least 4 members (excludes halogenated alkanes) is 3. The van der Waals surface area contributed by atoms with Crippen LogP contribution in [0.15, 0.2) is 22.7 Å². The number of ether oxygens (including phenoxy) is 1. The van der Waals surface area contributed by atoms with Gasteiger partial charge in [0.25, 0.3) is 5.92 Å². The molecular weight excluding hydrogens is 359 g/mol. The summed E-state index contributed by atoms with van der Waals surface area (Å²) in [6.07, 6.45) is 3.80.